The minimum absolute atomic E-state index is 0.0286. The number of aryl methyl sites for hydroxylation is 1. The van der Waals surface area contributed by atoms with E-state index in [-0.39, 0.29) is 24.1 Å². The Morgan fingerprint density at radius 2 is 2.05 bits per heavy atom. The van der Waals surface area contributed by atoms with Gasteiger partial charge in [-0.1, -0.05) is 18.2 Å². The maximum absolute atomic E-state index is 12.6. The van der Waals surface area contributed by atoms with E-state index >= 15 is 0 Å². The minimum Gasteiger partial charge on any atom is -0.307 e. The number of nitrogens with zero attached hydrogens (tertiary/aromatic N) is 3. The van der Waals surface area contributed by atoms with E-state index in [1.54, 1.807) is 17.9 Å². The van der Waals surface area contributed by atoms with Gasteiger partial charge in [-0.25, -0.2) is 4.68 Å². The van der Waals surface area contributed by atoms with E-state index < -0.39 is 0 Å². The Morgan fingerprint density at radius 1 is 1.29 bits per heavy atom. The molecule has 1 amide bonds. The highest BCUT2D eigenvalue weighted by Gasteiger charge is 2.30. The summed E-state index contributed by atoms with van der Waals surface area (Å²) in [4.78, 5) is 26.1. The van der Waals surface area contributed by atoms with Crippen molar-refractivity contribution in [3.05, 3.63) is 58.0 Å². The average Bonchev–Trinajstić information content (AvgIpc) is 2.78. The van der Waals surface area contributed by atoms with E-state index in [1.165, 1.54) is 16.3 Å². The molecule has 1 aliphatic rings. The lowest BCUT2D eigenvalue weighted by Crippen LogP contribution is -2.40. The van der Waals surface area contributed by atoms with Crippen molar-refractivity contribution in [2.75, 3.05) is 4.90 Å². The van der Waals surface area contributed by atoms with E-state index in [0.29, 0.717) is 0 Å². The summed E-state index contributed by atoms with van der Waals surface area (Å²) in [6, 6.07) is 11.1. The summed E-state index contributed by atoms with van der Waals surface area (Å²) in [7, 11) is 0. The van der Waals surface area contributed by atoms with Crippen molar-refractivity contribution < 1.29 is 4.79 Å². The van der Waals surface area contributed by atoms with Gasteiger partial charge in [0.15, 0.2) is 0 Å². The van der Waals surface area contributed by atoms with Crippen molar-refractivity contribution in [2.45, 2.75) is 32.9 Å². The first kappa shape index (κ1) is 13.5. The van der Waals surface area contributed by atoms with Gasteiger partial charge < -0.3 is 4.90 Å². The topological polar surface area (TPSA) is 55.2 Å². The molecule has 0 fully saturated rings. The molecule has 1 aliphatic heterocycles. The van der Waals surface area contributed by atoms with Crippen LogP contribution in [0.2, 0.25) is 0 Å². The number of fused-ring (bicyclic) bond motifs is 1. The van der Waals surface area contributed by atoms with Crippen molar-refractivity contribution >= 4 is 11.6 Å². The fourth-order valence-electron chi connectivity index (χ4n) is 2.81. The molecule has 0 aliphatic carbocycles. The second kappa shape index (κ2) is 5.16. The predicted molar refractivity (Wildman–Crippen MR) is 80.3 cm³/mol. The van der Waals surface area contributed by atoms with Gasteiger partial charge in [-0.3, -0.25) is 9.59 Å². The summed E-state index contributed by atoms with van der Waals surface area (Å²) >= 11 is 0. The number of para-hydroxylation sites is 1. The third-order valence-electron chi connectivity index (χ3n) is 3.76. The number of carbonyl (C=O) groups excluding carboxylic acids is 1. The number of hydrogen-bond acceptors (Lipinski definition) is 3. The minimum atomic E-state index is -0.255. The zero-order valence-corrected chi connectivity index (χ0v) is 12.1. The van der Waals surface area contributed by atoms with E-state index in [1.807, 2.05) is 31.2 Å². The van der Waals surface area contributed by atoms with Gasteiger partial charge >= 0.3 is 0 Å². The maximum Gasteiger partial charge on any atom is 0.267 e. The van der Waals surface area contributed by atoms with Crippen LogP contribution in [0.25, 0.3) is 0 Å². The number of benzene rings is 1. The molecule has 3 rings (SSSR count). The normalized spacial score (nSPS) is 16.9. The number of aromatic nitrogens is 2. The van der Waals surface area contributed by atoms with E-state index in [0.717, 1.165) is 17.8 Å². The standard InChI is InChI=1S/C16H17N3O2/c1-11-7-8-15(20)18(17-11)10-16(21)19-12(2)9-13-5-3-4-6-14(13)19/h3-8,12H,9-10H2,1-2H3. The van der Waals surface area contributed by atoms with Crippen LogP contribution in [0.1, 0.15) is 18.2 Å². The fourth-order valence-corrected chi connectivity index (χ4v) is 2.81. The molecule has 1 unspecified atom stereocenters. The molecule has 21 heavy (non-hydrogen) atoms. The lowest BCUT2D eigenvalue weighted by Gasteiger charge is -2.22. The third kappa shape index (κ3) is 2.46. The highest BCUT2D eigenvalue weighted by Crippen LogP contribution is 2.31. The van der Waals surface area contributed by atoms with Crippen LogP contribution in [0.3, 0.4) is 0 Å². The average molecular weight is 283 g/mol. The maximum atomic E-state index is 12.6. The lowest BCUT2D eigenvalue weighted by molar-refractivity contribution is -0.119. The number of carbonyl (C=O) groups is 1. The summed E-state index contributed by atoms with van der Waals surface area (Å²) in [6.07, 6.45) is 0.845. The van der Waals surface area contributed by atoms with Crippen molar-refractivity contribution in [2.24, 2.45) is 0 Å². The molecule has 1 aromatic heterocycles. The molecule has 0 spiro atoms. The molecule has 2 aromatic rings. The van der Waals surface area contributed by atoms with Crippen LogP contribution in [-0.2, 0) is 17.8 Å². The van der Waals surface area contributed by atoms with Gasteiger partial charge in [-0.2, -0.15) is 5.10 Å². The first-order chi connectivity index (χ1) is 10.1. The van der Waals surface area contributed by atoms with Crippen molar-refractivity contribution in [1.82, 2.24) is 9.78 Å². The summed E-state index contributed by atoms with van der Waals surface area (Å²) < 4.78 is 1.23. The van der Waals surface area contributed by atoms with Crippen LogP contribution >= 0.6 is 0 Å². The summed E-state index contributed by atoms with van der Waals surface area (Å²) in [6.45, 7) is 3.79. The number of amides is 1. The van der Waals surface area contributed by atoms with Gasteiger partial charge in [0.05, 0.1) is 5.69 Å². The Kier molecular flexibility index (Phi) is 3.33. The van der Waals surface area contributed by atoms with Crippen LogP contribution in [0.5, 0.6) is 0 Å². The highest BCUT2D eigenvalue weighted by molar-refractivity contribution is 5.95. The highest BCUT2D eigenvalue weighted by atomic mass is 16.2. The molecule has 1 aromatic carbocycles. The van der Waals surface area contributed by atoms with Gasteiger partial charge in [-0.05, 0) is 38.0 Å². The molecule has 0 bridgehead atoms. The first-order valence-corrected chi connectivity index (χ1v) is 7.01. The molecule has 5 heteroatoms. The van der Waals surface area contributed by atoms with Gasteiger partial charge in [0.2, 0.25) is 5.91 Å². The summed E-state index contributed by atoms with van der Waals surface area (Å²) in [5.41, 5.74) is 2.57. The van der Waals surface area contributed by atoms with Crippen LogP contribution in [0, 0.1) is 6.92 Å². The molecule has 1 atom stereocenters. The Bertz CT molecular complexity index is 751. The van der Waals surface area contributed by atoms with Crippen molar-refractivity contribution in [1.29, 1.82) is 0 Å². The van der Waals surface area contributed by atoms with Gasteiger partial charge in [-0.15, -0.1) is 0 Å². The number of rotatable bonds is 2. The molecule has 5 nitrogen and oxygen atoms in total. The van der Waals surface area contributed by atoms with E-state index in [2.05, 4.69) is 5.10 Å². The fraction of sp³-hybridized carbons (Fsp3) is 0.312. The molecule has 0 radical (unpaired) electrons. The Hall–Kier alpha value is -2.43. The van der Waals surface area contributed by atoms with Gasteiger partial charge in [0, 0.05) is 17.8 Å². The van der Waals surface area contributed by atoms with Crippen LogP contribution < -0.4 is 10.5 Å². The van der Waals surface area contributed by atoms with Crippen molar-refractivity contribution in [3.63, 3.8) is 0 Å². The molecule has 108 valence electrons. The number of anilines is 1. The largest absolute Gasteiger partial charge is 0.307 e. The Balaban J connectivity index is 1.89. The second-order valence-corrected chi connectivity index (χ2v) is 5.42. The lowest BCUT2D eigenvalue weighted by atomic mass is 10.1. The number of hydrogen-bond donors (Lipinski definition) is 0. The zero-order valence-electron chi connectivity index (χ0n) is 12.1. The predicted octanol–water partition coefficient (Wildman–Crippen LogP) is 1.53. The van der Waals surface area contributed by atoms with Crippen LogP contribution in [-0.4, -0.2) is 21.7 Å². The van der Waals surface area contributed by atoms with E-state index in [4.69, 9.17) is 0 Å². The first-order valence-electron chi connectivity index (χ1n) is 7.01. The SMILES string of the molecule is Cc1ccc(=O)n(CC(=O)N2c3ccccc3CC2C)n1. The Morgan fingerprint density at radius 3 is 2.86 bits per heavy atom. The summed E-state index contributed by atoms with van der Waals surface area (Å²) in [5, 5.41) is 4.12. The van der Waals surface area contributed by atoms with Gasteiger partial charge in [0.1, 0.15) is 6.54 Å². The van der Waals surface area contributed by atoms with Gasteiger partial charge in [0.25, 0.3) is 5.56 Å². The van der Waals surface area contributed by atoms with Crippen LogP contribution in [0.4, 0.5) is 5.69 Å². The molecule has 0 N–H and O–H groups in total. The smallest absolute Gasteiger partial charge is 0.267 e. The molecule has 0 saturated heterocycles. The molecular weight excluding hydrogens is 266 g/mol. The Labute approximate surface area is 122 Å². The third-order valence-corrected chi connectivity index (χ3v) is 3.76. The quantitative estimate of drug-likeness (QED) is 0.840. The molecule has 2 heterocycles. The zero-order chi connectivity index (χ0) is 15.0. The van der Waals surface area contributed by atoms with Crippen molar-refractivity contribution in [3.8, 4) is 0 Å². The van der Waals surface area contributed by atoms with Crippen LogP contribution in [0.15, 0.2) is 41.2 Å². The van der Waals surface area contributed by atoms with E-state index in [9.17, 15) is 9.59 Å². The molecular formula is C16H17N3O2. The monoisotopic (exact) mass is 283 g/mol. The second-order valence-electron chi connectivity index (χ2n) is 5.42. The molecule has 0 saturated carbocycles. The summed E-state index contributed by atoms with van der Waals surface area (Å²) in [5.74, 6) is -0.104.